The molecule has 2 rings (SSSR count). The van der Waals surface area contributed by atoms with Crippen LogP contribution < -0.4 is 0 Å². The van der Waals surface area contributed by atoms with Crippen LogP contribution in [0.2, 0.25) is 0 Å². The number of hydrogen-bond acceptors (Lipinski definition) is 2. The Labute approximate surface area is 101 Å². The van der Waals surface area contributed by atoms with E-state index < -0.39 is 0 Å². The number of unbranched alkanes of at least 4 members (excludes halogenated alkanes) is 2. The summed E-state index contributed by atoms with van der Waals surface area (Å²) in [6, 6.07) is 10.5. The lowest BCUT2D eigenvalue weighted by Gasteiger charge is -2.04. The second-order valence-corrected chi connectivity index (χ2v) is 4.98. The molecule has 0 aliphatic rings. The summed E-state index contributed by atoms with van der Waals surface area (Å²) in [4.78, 5) is 4.47. The normalized spacial score (nSPS) is 10.8. The second kappa shape index (κ2) is 5.90. The van der Waals surface area contributed by atoms with Gasteiger partial charge in [0.05, 0.1) is 0 Å². The molecule has 0 spiro atoms. The molecule has 0 bridgehead atoms. The first-order chi connectivity index (χ1) is 7.92. The van der Waals surface area contributed by atoms with Crippen LogP contribution in [0.25, 0.3) is 10.8 Å². The van der Waals surface area contributed by atoms with Crippen LogP contribution in [-0.4, -0.2) is 10.7 Å². The Morgan fingerprint density at radius 1 is 1.12 bits per heavy atom. The number of rotatable bonds is 5. The Kier molecular flexibility index (Phi) is 4.23. The van der Waals surface area contributed by atoms with Crippen molar-refractivity contribution in [3.05, 3.63) is 36.5 Å². The van der Waals surface area contributed by atoms with E-state index >= 15 is 0 Å². The van der Waals surface area contributed by atoms with Gasteiger partial charge >= 0.3 is 0 Å². The maximum Gasteiger partial charge on any atom is 0.104 e. The number of benzene rings is 1. The highest BCUT2D eigenvalue weighted by Crippen LogP contribution is 2.26. The molecule has 0 radical (unpaired) electrons. The fourth-order valence-corrected chi connectivity index (χ4v) is 2.75. The molecule has 2 aromatic rings. The van der Waals surface area contributed by atoms with Crippen LogP contribution in [0.1, 0.15) is 26.2 Å². The van der Waals surface area contributed by atoms with Gasteiger partial charge in [-0.05, 0) is 23.6 Å². The van der Waals surface area contributed by atoms with Gasteiger partial charge in [0.1, 0.15) is 5.03 Å². The van der Waals surface area contributed by atoms with Crippen molar-refractivity contribution in [1.29, 1.82) is 0 Å². The van der Waals surface area contributed by atoms with Gasteiger partial charge in [-0.25, -0.2) is 4.98 Å². The highest BCUT2D eigenvalue weighted by molar-refractivity contribution is 7.99. The van der Waals surface area contributed by atoms with Gasteiger partial charge in [0.25, 0.3) is 0 Å². The lowest BCUT2D eigenvalue weighted by molar-refractivity contribution is 0.778. The fourth-order valence-electron chi connectivity index (χ4n) is 1.73. The average Bonchev–Trinajstić information content (AvgIpc) is 2.35. The number of aromatic nitrogens is 1. The molecule has 0 fully saturated rings. The van der Waals surface area contributed by atoms with E-state index in [9.17, 15) is 0 Å². The lowest BCUT2D eigenvalue weighted by Crippen LogP contribution is -1.85. The summed E-state index contributed by atoms with van der Waals surface area (Å²) in [6.45, 7) is 2.24. The van der Waals surface area contributed by atoms with Crippen LogP contribution in [0.15, 0.2) is 41.6 Å². The summed E-state index contributed by atoms with van der Waals surface area (Å²) in [5.74, 6) is 1.18. The van der Waals surface area contributed by atoms with Crippen LogP contribution in [0.3, 0.4) is 0 Å². The zero-order chi connectivity index (χ0) is 11.2. The Bertz CT molecular complexity index is 448. The van der Waals surface area contributed by atoms with E-state index in [2.05, 4.69) is 42.2 Å². The molecule has 1 aromatic heterocycles. The molecule has 84 valence electrons. The van der Waals surface area contributed by atoms with Gasteiger partial charge in [0, 0.05) is 11.6 Å². The van der Waals surface area contributed by atoms with Gasteiger partial charge in [-0.2, -0.15) is 0 Å². The van der Waals surface area contributed by atoms with E-state index in [0.29, 0.717) is 0 Å². The van der Waals surface area contributed by atoms with Crippen molar-refractivity contribution in [1.82, 2.24) is 4.98 Å². The van der Waals surface area contributed by atoms with Gasteiger partial charge < -0.3 is 0 Å². The third-order valence-corrected chi connectivity index (χ3v) is 3.72. The number of hydrogen-bond donors (Lipinski definition) is 0. The van der Waals surface area contributed by atoms with E-state index in [1.54, 1.807) is 0 Å². The maximum absolute atomic E-state index is 4.47. The monoisotopic (exact) mass is 231 g/mol. The number of fused-ring (bicyclic) bond motifs is 1. The maximum atomic E-state index is 4.47. The molecule has 0 aliphatic carbocycles. The first-order valence-corrected chi connectivity index (χ1v) is 6.87. The molecule has 16 heavy (non-hydrogen) atoms. The van der Waals surface area contributed by atoms with E-state index in [1.165, 1.54) is 40.8 Å². The van der Waals surface area contributed by atoms with Crippen molar-refractivity contribution in [3.8, 4) is 0 Å². The molecule has 1 nitrogen and oxygen atoms in total. The first kappa shape index (κ1) is 11.5. The Hall–Kier alpha value is -1.02. The summed E-state index contributed by atoms with van der Waals surface area (Å²) in [5, 5.41) is 3.75. The fraction of sp³-hybridized carbons (Fsp3) is 0.357. The molecular weight excluding hydrogens is 214 g/mol. The zero-order valence-electron chi connectivity index (χ0n) is 9.65. The third kappa shape index (κ3) is 2.76. The predicted octanol–water partition coefficient (Wildman–Crippen LogP) is 4.52. The van der Waals surface area contributed by atoms with E-state index in [1.807, 2.05) is 18.0 Å². The highest BCUT2D eigenvalue weighted by atomic mass is 32.2. The molecule has 0 atom stereocenters. The summed E-state index contributed by atoms with van der Waals surface area (Å²) >= 11 is 1.88. The molecule has 1 aromatic carbocycles. The van der Waals surface area contributed by atoms with Crippen LogP contribution >= 0.6 is 11.8 Å². The standard InChI is InChI=1S/C14H17NS/c1-2-3-6-11-16-14-13-8-5-4-7-12(13)9-10-15-14/h4-5,7-10H,2-3,6,11H2,1H3. The molecule has 1 heterocycles. The van der Waals surface area contributed by atoms with Crippen molar-refractivity contribution in [2.75, 3.05) is 5.75 Å². The lowest BCUT2D eigenvalue weighted by atomic mass is 10.2. The largest absolute Gasteiger partial charge is 0.249 e. The van der Waals surface area contributed by atoms with Crippen LogP contribution in [0, 0.1) is 0 Å². The highest BCUT2D eigenvalue weighted by Gasteiger charge is 2.01. The van der Waals surface area contributed by atoms with Gasteiger partial charge in [0.2, 0.25) is 0 Å². The zero-order valence-corrected chi connectivity index (χ0v) is 10.5. The van der Waals surface area contributed by atoms with Crippen LogP contribution in [-0.2, 0) is 0 Å². The van der Waals surface area contributed by atoms with E-state index in [0.717, 1.165) is 0 Å². The quantitative estimate of drug-likeness (QED) is 0.554. The van der Waals surface area contributed by atoms with Crippen molar-refractivity contribution in [3.63, 3.8) is 0 Å². The smallest absolute Gasteiger partial charge is 0.104 e. The topological polar surface area (TPSA) is 12.9 Å². The van der Waals surface area contributed by atoms with Gasteiger partial charge in [0.15, 0.2) is 0 Å². The van der Waals surface area contributed by atoms with Gasteiger partial charge in [-0.15, -0.1) is 11.8 Å². The Morgan fingerprint density at radius 3 is 2.88 bits per heavy atom. The molecule has 0 N–H and O–H groups in total. The van der Waals surface area contributed by atoms with E-state index in [-0.39, 0.29) is 0 Å². The third-order valence-electron chi connectivity index (χ3n) is 2.62. The molecule has 0 saturated heterocycles. The Balaban J connectivity index is 2.11. The molecule has 0 aliphatic heterocycles. The van der Waals surface area contributed by atoms with Crippen molar-refractivity contribution in [2.45, 2.75) is 31.2 Å². The minimum absolute atomic E-state index is 1.18. The molecule has 0 amide bonds. The molecule has 2 heteroatoms. The number of nitrogens with zero attached hydrogens (tertiary/aromatic N) is 1. The molecular formula is C14H17NS. The predicted molar refractivity (Wildman–Crippen MR) is 72.0 cm³/mol. The number of thioether (sulfide) groups is 1. The minimum atomic E-state index is 1.18. The van der Waals surface area contributed by atoms with Crippen molar-refractivity contribution in [2.24, 2.45) is 0 Å². The van der Waals surface area contributed by atoms with Gasteiger partial charge in [-0.3, -0.25) is 0 Å². The summed E-state index contributed by atoms with van der Waals surface area (Å²) in [5.41, 5.74) is 0. The number of pyridine rings is 1. The molecule has 0 saturated carbocycles. The second-order valence-electron chi connectivity index (χ2n) is 3.89. The molecule has 0 unspecified atom stereocenters. The first-order valence-electron chi connectivity index (χ1n) is 5.88. The minimum Gasteiger partial charge on any atom is -0.249 e. The summed E-state index contributed by atoms with van der Waals surface area (Å²) in [7, 11) is 0. The van der Waals surface area contributed by atoms with E-state index in [4.69, 9.17) is 0 Å². The van der Waals surface area contributed by atoms with Crippen molar-refractivity contribution < 1.29 is 0 Å². The average molecular weight is 231 g/mol. The van der Waals surface area contributed by atoms with Crippen molar-refractivity contribution >= 4 is 22.5 Å². The summed E-state index contributed by atoms with van der Waals surface area (Å²) in [6.07, 6.45) is 5.79. The van der Waals surface area contributed by atoms with Gasteiger partial charge in [-0.1, -0.05) is 44.0 Å². The Morgan fingerprint density at radius 2 is 2.00 bits per heavy atom. The summed E-state index contributed by atoms with van der Waals surface area (Å²) < 4.78 is 0. The van der Waals surface area contributed by atoms with Crippen LogP contribution in [0.5, 0.6) is 0 Å². The SMILES string of the molecule is CCCCCSc1nccc2ccccc12. The van der Waals surface area contributed by atoms with Crippen LogP contribution in [0.4, 0.5) is 0 Å².